The number of carbonyl (C=O) groups excluding carboxylic acids is 1. The maximum Gasteiger partial charge on any atom is 0.221 e. The van der Waals surface area contributed by atoms with Gasteiger partial charge < -0.3 is 9.47 Å². The molecule has 0 unspecified atom stereocenters. The molecule has 2 aromatic rings. The molecule has 2 rings (SSSR count). The molecule has 1 aromatic carbocycles. The van der Waals surface area contributed by atoms with Crippen molar-refractivity contribution < 1.29 is 14.3 Å². The van der Waals surface area contributed by atoms with Crippen molar-refractivity contribution in [3.8, 4) is 22.8 Å². The van der Waals surface area contributed by atoms with E-state index in [-0.39, 0.29) is 0 Å². The number of ether oxygens (including phenoxy) is 2. The first-order chi connectivity index (χ1) is 8.78. The highest BCUT2D eigenvalue weighted by Crippen LogP contribution is 2.30. The third kappa shape index (κ3) is 2.32. The molecule has 0 fully saturated rings. The number of rotatable bonds is 4. The average molecular weight is 243 g/mol. The van der Waals surface area contributed by atoms with Gasteiger partial charge in [0, 0.05) is 17.3 Å². The maximum atomic E-state index is 10.9. The van der Waals surface area contributed by atoms with Crippen molar-refractivity contribution in [1.82, 2.24) is 4.98 Å². The van der Waals surface area contributed by atoms with Crippen LogP contribution < -0.4 is 9.47 Å². The molecular weight excluding hydrogens is 230 g/mol. The molecule has 0 aliphatic carbocycles. The number of carbonyl (C=O) groups is 1. The highest BCUT2D eigenvalue weighted by atomic mass is 16.5. The highest BCUT2D eigenvalue weighted by Gasteiger charge is 2.09. The first-order valence-electron chi connectivity index (χ1n) is 5.42. The Kier molecular flexibility index (Phi) is 3.57. The quantitative estimate of drug-likeness (QED) is 0.774. The van der Waals surface area contributed by atoms with Crippen molar-refractivity contribution in [2.45, 2.75) is 0 Å². The number of pyridine rings is 1. The molecule has 0 saturated heterocycles. The standard InChI is InChI=1S/C14H13NO3/c1-17-12-7-10(9-16)6-11(8-12)13-4-3-5-15-14(13)18-2/h3-9H,1-2H3. The molecular formula is C14H13NO3. The number of aldehydes is 1. The molecule has 92 valence electrons. The van der Waals surface area contributed by atoms with Gasteiger partial charge in [-0.3, -0.25) is 4.79 Å². The van der Waals surface area contributed by atoms with Gasteiger partial charge in [0.05, 0.1) is 14.2 Å². The lowest BCUT2D eigenvalue weighted by atomic mass is 10.0. The number of hydrogen-bond acceptors (Lipinski definition) is 4. The van der Waals surface area contributed by atoms with Crippen molar-refractivity contribution in [3.63, 3.8) is 0 Å². The number of methoxy groups -OCH3 is 2. The second-order valence-corrected chi connectivity index (χ2v) is 3.67. The second-order valence-electron chi connectivity index (χ2n) is 3.67. The smallest absolute Gasteiger partial charge is 0.221 e. The van der Waals surface area contributed by atoms with E-state index in [0.29, 0.717) is 17.2 Å². The SMILES string of the molecule is COc1cc(C=O)cc(-c2cccnc2OC)c1. The number of hydrogen-bond donors (Lipinski definition) is 0. The summed E-state index contributed by atoms with van der Waals surface area (Å²) in [5, 5.41) is 0. The summed E-state index contributed by atoms with van der Waals surface area (Å²) in [6.45, 7) is 0. The van der Waals surface area contributed by atoms with Gasteiger partial charge in [-0.05, 0) is 35.9 Å². The van der Waals surface area contributed by atoms with E-state index in [0.717, 1.165) is 17.4 Å². The minimum absolute atomic E-state index is 0.516. The Morgan fingerprint density at radius 2 is 2.00 bits per heavy atom. The largest absolute Gasteiger partial charge is 0.497 e. The number of nitrogens with zero attached hydrogens (tertiary/aromatic N) is 1. The molecule has 0 radical (unpaired) electrons. The summed E-state index contributed by atoms with van der Waals surface area (Å²) in [6, 6.07) is 8.99. The second kappa shape index (κ2) is 5.31. The minimum Gasteiger partial charge on any atom is -0.497 e. The fourth-order valence-electron chi connectivity index (χ4n) is 1.74. The Bertz CT molecular complexity index is 567. The van der Waals surface area contributed by atoms with Crippen LogP contribution >= 0.6 is 0 Å². The topological polar surface area (TPSA) is 48.4 Å². The third-order valence-electron chi connectivity index (χ3n) is 2.58. The van der Waals surface area contributed by atoms with Crippen molar-refractivity contribution in [2.75, 3.05) is 14.2 Å². The molecule has 0 saturated carbocycles. The Morgan fingerprint density at radius 3 is 2.67 bits per heavy atom. The zero-order valence-electron chi connectivity index (χ0n) is 10.2. The molecule has 0 aliphatic heterocycles. The van der Waals surface area contributed by atoms with Crippen molar-refractivity contribution in [1.29, 1.82) is 0 Å². The number of aromatic nitrogens is 1. The fourth-order valence-corrected chi connectivity index (χ4v) is 1.74. The van der Waals surface area contributed by atoms with Crippen LogP contribution in [-0.4, -0.2) is 25.5 Å². The molecule has 0 spiro atoms. The van der Waals surface area contributed by atoms with E-state index in [2.05, 4.69) is 4.98 Å². The van der Waals surface area contributed by atoms with Crippen molar-refractivity contribution >= 4 is 6.29 Å². The summed E-state index contributed by atoms with van der Waals surface area (Å²) in [5.74, 6) is 1.14. The van der Waals surface area contributed by atoms with Crippen LogP contribution in [0, 0.1) is 0 Å². The summed E-state index contributed by atoms with van der Waals surface area (Å²) in [7, 11) is 3.13. The van der Waals surface area contributed by atoms with Gasteiger partial charge in [-0.1, -0.05) is 0 Å². The van der Waals surface area contributed by atoms with E-state index in [1.807, 2.05) is 18.2 Å². The van der Waals surface area contributed by atoms with E-state index >= 15 is 0 Å². The monoisotopic (exact) mass is 243 g/mol. The molecule has 0 aliphatic rings. The van der Waals surface area contributed by atoms with Crippen molar-refractivity contribution in [3.05, 3.63) is 42.1 Å². The fraction of sp³-hybridized carbons (Fsp3) is 0.143. The van der Waals surface area contributed by atoms with Gasteiger partial charge in [0.2, 0.25) is 5.88 Å². The predicted octanol–water partition coefficient (Wildman–Crippen LogP) is 2.58. The Balaban J connectivity index is 2.59. The summed E-state index contributed by atoms with van der Waals surface area (Å²) in [6.07, 6.45) is 2.44. The lowest BCUT2D eigenvalue weighted by molar-refractivity contribution is 0.112. The van der Waals surface area contributed by atoms with Gasteiger partial charge in [-0.25, -0.2) is 4.98 Å². The van der Waals surface area contributed by atoms with Gasteiger partial charge in [0.1, 0.15) is 12.0 Å². The lowest BCUT2D eigenvalue weighted by Crippen LogP contribution is -1.93. The molecule has 4 heteroatoms. The van der Waals surface area contributed by atoms with Crippen LogP contribution in [0.1, 0.15) is 10.4 Å². The lowest BCUT2D eigenvalue weighted by Gasteiger charge is -2.09. The van der Waals surface area contributed by atoms with Gasteiger partial charge in [0.15, 0.2) is 0 Å². The first-order valence-corrected chi connectivity index (χ1v) is 5.42. The van der Waals surface area contributed by atoms with E-state index in [9.17, 15) is 4.79 Å². The van der Waals surface area contributed by atoms with Crippen LogP contribution in [0.2, 0.25) is 0 Å². The van der Waals surface area contributed by atoms with Gasteiger partial charge in [-0.15, -0.1) is 0 Å². The molecule has 4 nitrogen and oxygen atoms in total. The normalized spacial score (nSPS) is 9.89. The zero-order chi connectivity index (χ0) is 13.0. The van der Waals surface area contributed by atoms with Crippen LogP contribution in [0.15, 0.2) is 36.5 Å². The van der Waals surface area contributed by atoms with Gasteiger partial charge in [0.25, 0.3) is 0 Å². The Hall–Kier alpha value is -2.36. The van der Waals surface area contributed by atoms with Gasteiger partial charge in [-0.2, -0.15) is 0 Å². The first kappa shape index (κ1) is 12.1. The molecule has 0 amide bonds. The van der Waals surface area contributed by atoms with Crippen LogP contribution in [0.3, 0.4) is 0 Å². The average Bonchev–Trinajstić information content (AvgIpc) is 2.46. The zero-order valence-corrected chi connectivity index (χ0v) is 10.2. The highest BCUT2D eigenvalue weighted by molar-refractivity contribution is 5.81. The summed E-state index contributed by atoms with van der Waals surface area (Å²) in [5.41, 5.74) is 2.21. The molecule has 0 N–H and O–H groups in total. The summed E-state index contributed by atoms with van der Waals surface area (Å²) in [4.78, 5) is 15.0. The van der Waals surface area contributed by atoms with E-state index in [4.69, 9.17) is 9.47 Å². The van der Waals surface area contributed by atoms with Crippen LogP contribution in [0.25, 0.3) is 11.1 Å². The Morgan fingerprint density at radius 1 is 1.17 bits per heavy atom. The molecule has 18 heavy (non-hydrogen) atoms. The van der Waals surface area contributed by atoms with E-state index in [1.54, 1.807) is 32.5 Å². The molecule has 0 atom stereocenters. The van der Waals surface area contributed by atoms with Gasteiger partial charge >= 0.3 is 0 Å². The number of benzene rings is 1. The summed E-state index contributed by atoms with van der Waals surface area (Å²) >= 11 is 0. The Labute approximate surface area is 105 Å². The van der Waals surface area contributed by atoms with Crippen LogP contribution in [0.4, 0.5) is 0 Å². The molecule has 1 aromatic heterocycles. The van der Waals surface area contributed by atoms with E-state index in [1.165, 1.54) is 0 Å². The summed E-state index contributed by atoms with van der Waals surface area (Å²) < 4.78 is 10.4. The molecule has 1 heterocycles. The van der Waals surface area contributed by atoms with Crippen LogP contribution in [-0.2, 0) is 0 Å². The van der Waals surface area contributed by atoms with Crippen molar-refractivity contribution in [2.24, 2.45) is 0 Å². The third-order valence-corrected chi connectivity index (χ3v) is 2.58. The minimum atomic E-state index is 0.516. The van der Waals surface area contributed by atoms with Crippen LogP contribution in [0.5, 0.6) is 11.6 Å². The van der Waals surface area contributed by atoms with E-state index < -0.39 is 0 Å². The predicted molar refractivity (Wildman–Crippen MR) is 68.2 cm³/mol. The molecule has 0 bridgehead atoms. The maximum absolute atomic E-state index is 10.9.